The van der Waals surface area contributed by atoms with Crippen molar-refractivity contribution in [3.8, 4) is 6.07 Å². The van der Waals surface area contributed by atoms with Crippen LogP contribution >= 0.6 is 0 Å². The molecule has 22 heavy (non-hydrogen) atoms. The van der Waals surface area contributed by atoms with E-state index in [-0.39, 0.29) is 0 Å². The summed E-state index contributed by atoms with van der Waals surface area (Å²) < 4.78 is 0. The minimum absolute atomic E-state index is 0.611. The maximum atomic E-state index is 8.94. The Morgan fingerprint density at radius 2 is 1.95 bits per heavy atom. The van der Waals surface area contributed by atoms with E-state index >= 15 is 0 Å². The second-order valence-corrected chi connectivity index (χ2v) is 5.23. The summed E-state index contributed by atoms with van der Waals surface area (Å²) in [7, 11) is 4.06. The molecule has 6 heteroatoms. The molecule has 0 aliphatic rings. The van der Waals surface area contributed by atoms with Gasteiger partial charge in [-0.25, -0.2) is 9.97 Å². The molecule has 0 atom stereocenters. The van der Waals surface area contributed by atoms with Crippen LogP contribution in [0.4, 0.5) is 17.3 Å². The van der Waals surface area contributed by atoms with Crippen LogP contribution in [0.3, 0.4) is 0 Å². The van der Waals surface area contributed by atoms with Gasteiger partial charge in [-0.1, -0.05) is 6.07 Å². The Bertz CT molecular complexity index is 675. The molecule has 2 N–H and O–H groups in total. The molecule has 1 aromatic heterocycles. The highest BCUT2D eigenvalue weighted by Crippen LogP contribution is 2.18. The molecule has 0 saturated carbocycles. The summed E-state index contributed by atoms with van der Waals surface area (Å²) >= 11 is 0. The number of nitriles is 1. The zero-order chi connectivity index (χ0) is 15.9. The zero-order valence-electron chi connectivity index (χ0n) is 13.1. The van der Waals surface area contributed by atoms with Gasteiger partial charge in [-0.2, -0.15) is 5.26 Å². The second-order valence-electron chi connectivity index (χ2n) is 5.23. The first-order chi connectivity index (χ1) is 10.6. The van der Waals surface area contributed by atoms with Gasteiger partial charge in [0.2, 0.25) is 0 Å². The second kappa shape index (κ2) is 7.38. The molecule has 114 valence electrons. The van der Waals surface area contributed by atoms with E-state index in [2.05, 4.69) is 31.6 Å². The highest BCUT2D eigenvalue weighted by atomic mass is 15.1. The van der Waals surface area contributed by atoms with Crippen LogP contribution in [-0.4, -0.2) is 42.1 Å². The largest absolute Gasteiger partial charge is 0.369 e. The molecular weight excluding hydrogens is 276 g/mol. The highest BCUT2D eigenvalue weighted by Gasteiger charge is 2.03. The van der Waals surface area contributed by atoms with Crippen LogP contribution in [0.5, 0.6) is 0 Å². The van der Waals surface area contributed by atoms with Gasteiger partial charge in [-0.15, -0.1) is 0 Å². The minimum atomic E-state index is 0.611. The van der Waals surface area contributed by atoms with Gasteiger partial charge < -0.3 is 15.5 Å². The average molecular weight is 296 g/mol. The summed E-state index contributed by atoms with van der Waals surface area (Å²) in [6.45, 7) is 3.59. The van der Waals surface area contributed by atoms with Gasteiger partial charge in [0.25, 0.3) is 0 Å². The molecule has 1 heterocycles. The molecule has 0 saturated heterocycles. The number of aryl methyl sites for hydroxylation is 1. The molecule has 1 aromatic carbocycles. The smallest absolute Gasteiger partial charge is 0.136 e. The lowest BCUT2D eigenvalue weighted by Crippen LogP contribution is -2.21. The number of hydrogen-bond donors (Lipinski definition) is 2. The number of nitrogens with zero attached hydrogens (tertiary/aromatic N) is 4. The van der Waals surface area contributed by atoms with E-state index in [9.17, 15) is 0 Å². The number of likely N-dealkylation sites (N-methyl/N-ethyl adjacent to an activating group) is 1. The molecule has 0 unspecified atom stereocenters. The predicted octanol–water partition coefficient (Wildman–Crippen LogP) is 2.37. The third-order valence-electron chi connectivity index (χ3n) is 2.97. The highest BCUT2D eigenvalue weighted by molar-refractivity contribution is 5.60. The lowest BCUT2D eigenvalue weighted by atomic mass is 10.2. The molecule has 0 fully saturated rings. The van der Waals surface area contributed by atoms with E-state index < -0.39 is 0 Å². The lowest BCUT2D eigenvalue weighted by Gasteiger charge is -2.12. The van der Waals surface area contributed by atoms with Gasteiger partial charge in [-0.3, -0.25) is 0 Å². The first-order valence-corrected chi connectivity index (χ1v) is 7.08. The molecule has 2 rings (SSSR count). The maximum Gasteiger partial charge on any atom is 0.136 e. The fourth-order valence-corrected chi connectivity index (χ4v) is 1.94. The number of aromatic nitrogens is 2. The van der Waals surface area contributed by atoms with E-state index in [0.29, 0.717) is 17.2 Å². The van der Waals surface area contributed by atoms with Crippen molar-refractivity contribution in [3.63, 3.8) is 0 Å². The van der Waals surface area contributed by atoms with Gasteiger partial charge in [-0.05, 0) is 39.2 Å². The van der Waals surface area contributed by atoms with Gasteiger partial charge in [0.05, 0.1) is 11.6 Å². The van der Waals surface area contributed by atoms with E-state index in [1.807, 2.05) is 39.2 Å². The van der Waals surface area contributed by atoms with E-state index in [4.69, 9.17) is 5.26 Å². The predicted molar refractivity (Wildman–Crippen MR) is 88.3 cm³/mol. The average Bonchev–Trinajstić information content (AvgIpc) is 2.46. The summed E-state index contributed by atoms with van der Waals surface area (Å²) in [5, 5.41) is 15.4. The molecule has 6 nitrogen and oxygen atoms in total. The quantitative estimate of drug-likeness (QED) is 0.852. The van der Waals surface area contributed by atoms with Crippen LogP contribution in [0.25, 0.3) is 0 Å². The minimum Gasteiger partial charge on any atom is -0.369 e. The SMILES string of the molecule is Cc1nc(NCCN(C)C)cc(Nc2cccc(C#N)c2)n1. The summed E-state index contributed by atoms with van der Waals surface area (Å²) in [6, 6.07) is 11.3. The first kappa shape index (κ1) is 15.7. The molecule has 0 amide bonds. The fraction of sp³-hybridized carbons (Fsp3) is 0.312. The Kier molecular flexibility index (Phi) is 5.28. The number of hydrogen-bond acceptors (Lipinski definition) is 6. The molecule has 0 bridgehead atoms. The van der Waals surface area contributed by atoms with Crippen molar-refractivity contribution in [2.75, 3.05) is 37.8 Å². The van der Waals surface area contributed by atoms with Crippen molar-refractivity contribution in [3.05, 3.63) is 41.7 Å². The topological polar surface area (TPSA) is 76.9 Å². The summed E-state index contributed by atoms with van der Waals surface area (Å²) in [4.78, 5) is 10.8. The van der Waals surface area contributed by atoms with Crippen LogP contribution in [0.1, 0.15) is 11.4 Å². The molecule has 2 aromatic rings. The molecular formula is C16H20N6. The van der Waals surface area contributed by atoms with Crippen molar-refractivity contribution in [1.82, 2.24) is 14.9 Å². The molecule has 0 aliphatic heterocycles. The van der Waals surface area contributed by atoms with Crippen molar-refractivity contribution in [2.24, 2.45) is 0 Å². The first-order valence-electron chi connectivity index (χ1n) is 7.08. The van der Waals surface area contributed by atoms with Crippen LogP contribution in [-0.2, 0) is 0 Å². The fourth-order valence-electron chi connectivity index (χ4n) is 1.94. The van der Waals surface area contributed by atoms with E-state index in [0.717, 1.165) is 24.6 Å². The number of nitrogens with one attached hydrogen (secondary N) is 2. The van der Waals surface area contributed by atoms with Gasteiger partial charge >= 0.3 is 0 Å². The van der Waals surface area contributed by atoms with Gasteiger partial charge in [0.15, 0.2) is 0 Å². The third kappa shape index (κ3) is 4.72. The van der Waals surface area contributed by atoms with E-state index in [1.54, 1.807) is 12.1 Å². The number of benzene rings is 1. The van der Waals surface area contributed by atoms with Crippen molar-refractivity contribution in [1.29, 1.82) is 5.26 Å². The Morgan fingerprint density at radius 1 is 1.18 bits per heavy atom. The Morgan fingerprint density at radius 3 is 2.68 bits per heavy atom. The van der Waals surface area contributed by atoms with Crippen molar-refractivity contribution >= 4 is 17.3 Å². The standard InChI is InChI=1S/C16H20N6/c1-12-19-15(18-7-8-22(2)3)10-16(20-12)21-14-6-4-5-13(9-14)11-17/h4-6,9-10H,7-8H2,1-3H3,(H2,18,19,20,21). The maximum absolute atomic E-state index is 8.94. The van der Waals surface area contributed by atoms with Crippen LogP contribution in [0.15, 0.2) is 30.3 Å². The van der Waals surface area contributed by atoms with Crippen molar-refractivity contribution < 1.29 is 0 Å². The van der Waals surface area contributed by atoms with Crippen molar-refractivity contribution in [2.45, 2.75) is 6.92 Å². The lowest BCUT2D eigenvalue weighted by molar-refractivity contribution is 0.425. The number of rotatable bonds is 6. The van der Waals surface area contributed by atoms with Crippen LogP contribution in [0.2, 0.25) is 0 Å². The normalized spacial score (nSPS) is 10.3. The molecule has 0 radical (unpaired) electrons. The molecule has 0 spiro atoms. The summed E-state index contributed by atoms with van der Waals surface area (Å²) in [5.41, 5.74) is 1.44. The molecule has 0 aliphatic carbocycles. The Balaban J connectivity index is 2.10. The number of anilines is 3. The van der Waals surface area contributed by atoms with Crippen LogP contribution in [0, 0.1) is 18.3 Å². The third-order valence-corrected chi connectivity index (χ3v) is 2.97. The van der Waals surface area contributed by atoms with Gasteiger partial charge in [0.1, 0.15) is 17.5 Å². The Hall–Kier alpha value is -2.65. The van der Waals surface area contributed by atoms with Gasteiger partial charge in [0, 0.05) is 24.8 Å². The zero-order valence-corrected chi connectivity index (χ0v) is 13.1. The summed E-state index contributed by atoms with van der Waals surface area (Å²) in [6.07, 6.45) is 0. The van der Waals surface area contributed by atoms with E-state index in [1.165, 1.54) is 0 Å². The Labute approximate surface area is 130 Å². The monoisotopic (exact) mass is 296 g/mol. The van der Waals surface area contributed by atoms with Crippen LogP contribution < -0.4 is 10.6 Å². The summed E-state index contributed by atoms with van der Waals surface area (Å²) in [5.74, 6) is 2.18.